The summed E-state index contributed by atoms with van der Waals surface area (Å²) in [7, 11) is -2.29. The molecule has 1 fully saturated rings. The van der Waals surface area contributed by atoms with Crippen LogP contribution in [0.4, 0.5) is 5.69 Å². The minimum atomic E-state index is -3.84. The highest BCUT2D eigenvalue weighted by atomic mass is 35.5. The molecular formula is C26H34ClN3O5S. The maximum Gasteiger partial charge on any atom is 0.244 e. The Morgan fingerprint density at radius 2 is 1.81 bits per heavy atom. The van der Waals surface area contributed by atoms with Crippen molar-refractivity contribution in [2.24, 2.45) is 0 Å². The first-order chi connectivity index (χ1) is 17.1. The largest absolute Gasteiger partial charge is 0.497 e. The van der Waals surface area contributed by atoms with Crippen LogP contribution in [0.25, 0.3) is 0 Å². The molecule has 1 atom stereocenters. The van der Waals surface area contributed by atoms with E-state index in [2.05, 4.69) is 5.32 Å². The van der Waals surface area contributed by atoms with Crippen molar-refractivity contribution in [2.75, 3.05) is 24.2 Å². The van der Waals surface area contributed by atoms with Crippen molar-refractivity contribution >= 4 is 39.1 Å². The lowest BCUT2D eigenvalue weighted by Gasteiger charge is -2.33. The number of rotatable bonds is 10. The number of methoxy groups -OCH3 is 1. The van der Waals surface area contributed by atoms with Gasteiger partial charge in [-0.25, -0.2) is 8.42 Å². The molecular weight excluding hydrogens is 502 g/mol. The highest BCUT2D eigenvalue weighted by Crippen LogP contribution is 2.27. The van der Waals surface area contributed by atoms with Crippen LogP contribution in [0.2, 0.25) is 5.02 Å². The van der Waals surface area contributed by atoms with E-state index in [-0.39, 0.29) is 29.2 Å². The number of carbonyl (C=O) groups excluding carboxylic acids is 2. The highest BCUT2D eigenvalue weighted by molar-refractivity contribution is 7.92. The fourth-order valence-corrected chi connectivity index (χ4v) is 5.52. The summed E-state index contributed by atoms with van der Waals surface area (Å²) in [5.41, 5.74) is 0.958. The first-order valence-corrected chi connectivity index (χ1v) is 14.3. The number of ether oxygens (including phenoxy) is 1. The third kappa shape index (κ3) is 7.36. The second-order valence-electron chi connectivity index (χ2n) is 9.11. The second-order valence-corrected chi connectivity index (χ2v) is 11.4. The van der Waals surface area contributed by atoms with Gasteiger partial charge in [0.25, 0.3) is 0 Å². The Morgan fingerprint density at radius 1 is 1.11 bits per heavy atom. The first kappa shape index (κ1) is 27.8. The van der Waals surface area contributed by atoms with Gasteiger partial charge in [0.05, 0.1) is 24.1 Å². The molecule has 0 saturated heterocycles. The molecule has 0 unspecified atom stereocenters. The lowest BCUT2D eigenvalue weighted by molar-refractivity contribution is -0.139. The van der Waals surface area contributed by atoms with E-state index >= 15 is 0 Å². The van der Waals surface area contributed by atoms with Gasteiger partial charge in [-0.15, -0.1) is 0 Å². The molecule has 1 N–H and O–H groups in total. The van der Waals surface area contributed by atoms with Crippen LogP contribution in [-0.4, -0.2) is 57.1 Å². The number of sulfonamides is 1. The average molecular weight is 536 g/mol. The topological polar surface area (TPSA) is 96.0 Å². The molecule has 196 valence electrons. The van der Waals surface area contributed by atoms with Crippen LogP contribution in [0, 0.1) is 0 Å². The van der Waals surface area contributed by atoms with Crippen LogP contribution in [0.1, 0.15) is 44.6 Å². The molecule has 0 aliphatic heterocycles. The minimum absolute atomic E-state index is 0.0816. The van der Waals surface area contributed by atoms with Crippen LogP contribution in [-0.2, 0) is 26.2 Å². The van der Waals surface area contributed by atoms with Gasteiger partial charge in [-0.1, -0.05) is 55.1 Å². The SMILES string of the molecule is COc1cccc(CN(C(=O)CN(c2ccccc2Cl)S(C)(=O)=O)[C@@H](C)C(=O)NC2CCCCC2)c1. The second kappa shape index (κ2) is 12.5. The molecule has 1 saturated carbocycles. The van der Waals surface area contributed by atoms with Crippen LogP contribution < -0.4 is 14.4 Å². The molecule has 2 aromatic carbocycles. The first-order valence-electron chi connectivity index (χ1n) is 12.0. The zero-order valence-corrected chi connectivity index (χ0v) is 22.5. The monoisotopic (exact) mass is 535 g/mol. The summed E-state index contributed by atoms with van der Waals surface area (Å²) >= 11 is 6.26. The normalized spacial score (nSPS) is 15.1. The van der Waals surface area contributed by atoms with Crippen molar-refractivity contribution in [3.8, 4) is 5.75 Å². The lowest BCUT2D eigenvalue weighted by Crippen LogP contribution is -2.53. The fourth-order valence-electron chi connectivity index (χ4n) is 4.37. The molecule has 0 heterocycles. The molecule has 0 bridgehead atoms. The molecule has 0 aromatic heterocycles. The highest BCUT2D eigenvalue weighted by Gasteiger charge is 2.31. The third-order valence-corrected chi connectivity index (χ3v) is 7.85. The van der Waals surface area contributed by atoms with E-state index in [1.54, 1.807) is 56.5 Å². The van der Waals surface area contributed by atoms with E-state index in [4.69, 9.17) is 16.3 Å². The average Bonchev–Trinajstić information content (AvgIpc) is 2.86. The Kier molecular flexibility index (Phi) is 9.62. The number of nitrogens with one attached hydrogen (secondary N) is 1. The summed E-state index contributed by atoms with van der Waals surface area (Å²) in [5.74, 6) is -0.163. The standard InChI is InChI=1S/C26H34ClN3O5S/c1-19(26(32)28-21-11-5-4-6-12-21)29(17-20-10-9-13-22(16-20)35-2)25(31)18-30(36(3,33)34)24-15-8-7-14-23(24)27/h7-10,13-16,19,21H,4-6,11-12,17-18H2,1-3H3,(H,28,32)/t19-/m0/s1. The summed E-state index contributed by atoms with van der Waals surface area (Å²) in [5, 5.41) is 3.28. The number of para-hydroxylation sites is 1. The number of anilines is 1. The van der Waals surface area contributed by atoms with Crippen LogP contribution in [0.15, 0.2) is 48.5 Å². The van der Waals surface area contributed by atoms with Gasteiger partial charge in [-0.05, 0) is 49.6 Å². The van der Waals surface area contributed by atoms with Crippen molar-refractivity contribution < 1.29 is 22.7 Å². The fraction of sp³-hybridized carbons (Fsp3) is 0.462. The molecule has 1 aliphatic rings. The zero-order valence-electron chi connectivity index (χ0n) is 20.9. The summed E-state index contributed by atoms with van der Waals surface area (Å²) in [6, 6.07) is 12.9. The van der Waals surface area contributed by atoms with E-state index in [1.165, 1.54) is 4.90 Å². The van der Waals surface area contributed by atoms with Crippen LogP contribution >= 0.6 is 11.6 Å². The molecule has 1 aliphatic carbocycles. The van der Waals surface area contributed by atoms with Crippen LogP contribution in [0.3, 0.4) is 0 Å². The summed E-state index contributed by atoms with van der Waals surface area (Å²) < 4.78 is 31.6. The number of nitrogens with zero attached hydrogens (tertiary/aromatic N) is 2. The number of hydrogen-bond donors (Lipinski definition) is 1. The number of amides is 2. The maximum absolute atomic E-state index is 13.6. The minimum Gasteiger partial charge on any atom is -0.497 e. The van der Waals surface area contributed by atoms with Crippen molar-refractivity contribution in [1.82, 2.24) is 10.2 Å². The van der Waals surface area contributed by atoms with E-state index < -0.39 is 28.5 Å². The smallest absolute Gasteiger partial charge is 0.244 e. The number of carbonyl (C=O) groups is 2. The molecule has 36 heavy (non-hydrogen) atoms. The lowest BCUT2D eigenvalue weighted by atomic mass is 9.95. The van der Waals surface area contributed by atoms with Gasteiger partial charge >= 0.3 is 0 Å². The summed E-state index contributed by atoms with van der Waals surface area (Å²) in [4.78, 5) is 28.2. The number of halogens is 1. The van der Waals surface area contributed by atoms with Gasteiger partial charge in [0, 0.05) is 12.6 Å². The third-order valence-electron chi connectivity index (χ3n) is 6.41. The van der Waals surface area contributed by atoms with Crippen LogP contribution in [0.5, 0.6) is 5.75 Å². The number of hydrogen-bond acceptors (Lipinski definition) is 5. The Hall–Kier alpha value is -2.78. The Balaban J connectivity index is 1.89. The number of benzene rings is 2. The quantitative estimate of drug-likeness (QED) is 0.496. The zero-order chi connectivity index (χ0) is 26.3. The van der Waals surface area contributed by atoms with Crippen molar-refractivity contribution in [3.63, 3.8) is 0 Å². The molecule has 8 nitrogen and oxygen atoms in total. The molecule has 0 spiro atoms. The predicted octanol–water partition coefficient (Wildman–Crippen LogP) is 3.98. The van der Waals surface area contributed by atoms with Crippen molar-refractivity contribution in [2.45, 2.75) is 57.7 Å². The van der Waals surface area contributed by atoms with E-state index in [1.807, 2.05) is 6.07 Å². The summed E-state index contributed by atoms with van der Waals surface area (Å²) in [6.07, 6.45) is 6.13. The van der Waals surface area contributed by atoms with Gasteiger partial charge in [0.1, 0.15) is 18.3 Å². The molecule has 0 radical (unpaired) electrons. The van der Waals surface area contributed by atoms with Gasteiger partial charge < -0.3 is 15.0 Å². The molecule has 2 aromatic rings. The van der Waals surface area contributed by atoms with Crippen molar-refractivity contribution in [1.29, 1.82) is 0 Å². The van der Waals surface area contributed by atoms with Crippen molar-refractivity contribution in [3.05, 3.63) is 59.1 Å². The maximum atomic E-state index is 13.6. The van der Waals surface area contributed by atoms with E-state index in [9.17, 15) is 18.0 Å². The molecule has 10 heteroatoms. The Labute approximate surface area is 218 Å². The van der Waals surface area contributed by atoms with Gasteiger partial charge in [-0.3, -0.25) is 13.9 Å². The molecule has 2 amide bonds. The van der Waals surface area contributed by atoms with E-state index in [0.29, 0.717) is 5.75 Å². The Bertz CT molecular complexity index is 1170. The van der Waals surface area contributed by atoms with Gasteiger partial charge in [0.2, 0.25) is 21.8 Å². The van der Waals surface area contributed by atoms with E-state index in [0.717, 1.165) is 48.2 Å². The summed E-state index contributed by atoms with van der Waals surface area (Å²) in [6.45, 7) is 1.28. The Morgan fingerprint density at radius 3 is 2.44 bits per heavy atom. The molecule has 3 rings (SSSR count). The van der Waals surface area contributed by atoms with Gasteiger partial charge in [-0.2, -0.15) is 0 Å². The predicted molar refractivity (Wildman–Crippen MR) is 142 cm³/mol. The van der Waals surface area contributed by atoms with Gasteiger partial charge in [0.15, 0.2) is 0 Å².